The van der Waals surface area contributed by atoms with Gasteiger partial charge in [0.1, 0.15) is 37.0 Å². The van der Waals surface area contributed by atoms with E-state index < -0.39 is 94.3 Å². The number of hydrogen-bond acceptors (Lipinski definition) is 12. The van der Waals surface area contributed by atoms with Crippen molar-refractivity contribution in [3.05, 3.63) is 65.9 Å². The summed E-state index contributed by atoms with van der Waals surface area (Å²) in [6.45, 7) is -0.167. The molecule has 0 aliphatic heterocycles. The fourth-order valence-electron chi connectivity index (χ4n) is 5.41. The number of aromatic amines is 1. The number of hydrogen-bond donors (Lipinski definition) is 10. The minimum atomic E-state index is -3.91. The van der Waals surface area contributed by atoms with Crippen LogP contribution in [-0.4, -0.2) is 91.0 Å². The molecule has 0 unspecified atom stereocenters. The van der Waals surface area contributed by atoms with Gasteiger partial charge in [0.05, 0.1) is 4.90 Å². The van der Waals surface area contributed by atoms with E-state index in [2.05, 4.69) is 31.4 Å². The number of primary amides is 4. The standard InChI is InChI=1S/C35H45N11O11S/c36-28(47)12-9-24(32(39)51)44-33(52)25(10-13-29(37)48)45-34(53)26(11-14-30(38)49)46-35(54)27(15-20-16-41-23-4-2-1-3-22(20)23)43-31(50)17-42-57-18-19-5-7-21(8-6-19)58(40,55)56/h1-8,16-17,24-27,41H,9-15,18H2,(H2,36,47)(H2,37,48)(H2,38,49)(H2,39,51)(H,43,50)(H,44,52)(H,45,53)(H,46,54)(H2,40,55,56)/b42-17+/t24-,25-,26-,27-/m0/s1. The number of H-pyrrole nitrogens is 1. The Bertz CT molecular complexity index is 2140. The van der Waals surface area contributed by atoms with Crippen LogP contribution in [0.5, 0.6) is 0 Å². The highest BCUT2D eigenvalue weighted by atomic mass is 32.2. The summed E-state index contributed by atoms with van der Waals surface area (Å²) in [6.07, 6.45) is 0.0983. The molecule has 0 fully saturated rings. The van der Waals surface area contributed by atoms with E-state index in [0.717, 1.165) is 17.1 Å². The number of para-hydroxylation sites is 1. The van der Waals surface area contributed by atoms with Gasteiger partial charge in [-0.2, -0.15) is 0 Å². The second kappa shape index (κ2) is 21.4. The molecule has 0 bridgehead atoms. The van der Waals surface area contributed by atoms with Crippen LogP contribution in [0.25, 0.3) is 10.9 Å². The highest BCUT2D eigenvalue weighted by Gasteiger charge is 2.32. The molecule has 3 rings (SSSR count). The van der Waals surface area contributed by atoms with E-state index in [1.165, 1.54) is 24.3 Å². The average molecular weight is 828 g/mol. The Hall–Kier alpha value is -6.88. The van der Waals surface area contributed by atoms with Crippen molar-refractivity contribution in [2.75, 3.05) is 0 Å². The first-order valence-corrected chi connectivity index (χ1v) is 19.1. The molecule has 15 N–H and O–H groups in total. The zero-order valence-electron chi connectivity index (χ0n) is 31.0. The van der Waals surface area contributed by atoms with Crippen LogP contribution in [0.3, 0.4) is 0 Å². The first kappa shape index (κ1) is 45.5. The zero-order valence-corrected chi connectivity index (χ0v) is 31.8. The van der Waals surface area contributed by atoms with E-state index in [1.54, 1.807) is 30.5 Å². The van der Waals surface area contributed by atoms with Gasteiger partial charge >= 0.3 is 0 Å². The van der Waals surface area contributed by atoms with Gasteiger partial charge in [0.25, 0.3) is 5.91 Å². The van der Waals surface area contributed by atoms with Crippen LogP contribution in [0.1, 0.15) is 49.7 Å². The predicted octanol–water partition coefficient (Wildman–Crippen LogP) is -3.22. The number of oxime groups is 1. The molecule has 0 aliphatic carbocycles. The second-order valence-corrected chi connectivity index (χ2v) is 14.5. The van der Waals surface area contributed by atoms with Crippen molar-refractivity contribution >= 4 is 74.4 Å². The molecule has 3 aromatic rings. The van der Waals surface area contributed by atoms with Crippen molar-refractivity contribution < 1.29 is 51.6 Å². The molecule has 1 aromatic heterocycles. The number of fused-ring (bicyclic) bond motifs is 1. The van der Waals surface area contributed by atoms with E-state index in [-0.39, 0.29) is 43.6 Å². The number of benzene rings is 2. The quantitative estimate of drug-likeness (QED) is 0.0316. The third-order valence-corrected chi connectivity index (χ3v) is 9.35. The summed E-state index contributed by atoms with van der Waals surface area (Å²) in [5, 5.41) is 19.1. The van der Waals surface area contributed by atoms with Crippen molar-refractivity contribution in [1.82, 2.24) is 26.3 Å². The van der Waals surface area contributed by atoms with Crippen LogP contribution in [0, 0.1) is 0 Å². The number of sulfonamides is 1. The minimum absolute atomic E-state index is 0.117. The van der Waals surface area contributed by atoms with E-state index >= 15 is 0 Å². The van der Waals surface area contributed by atoms with Gasteiger partial charge in [-0.05, 0) is 48.6 Å². The molecule has 2 aromatic carbocycles. The highest BCUT2D eigenvalue weighted by molar-refractivity contribution is 7.89. The number of amides is 8. The van der Waals surface area contributed by atoms with Crippen molar-refractivity contribution in [2.24, 2.45) is 33.2 Å². The Morgan fingerprint density at radius 3 is 1.71 bits per heavy atom. The summed E-state index contributed by atoms with van der Waals surface area (Å²) in [5.41, 5.74) is 22.9. The van der Waals surface area contributed by atoms with Crippen LogP contribution in [0.2, 0.25) is 0 Å². The first-order chi connectivity index (χ1) is 27.3. The average Bonchev–Trinajstić information content (AvgIpc) is 3.56. The maximum atomic E-state index is 13.9. The largest absolute Gasteiger partial charge is 0.391 e. The summed E-state index contributed by atoms with van der Waals surface area (Å²) in [5.74, 6) is -7.29. The Morgan fingerprint density at radius 1 is 0.690 bits per heavy atom. The summed E-state index contributed by atoms with van der Waals surface area (Å²) >= 11 is 0. The van der Waals surface area contributed by atoms with Crippen LogP contribution < -0.4 is 49.3 Å². The SMILES string of the molecule is NC(=O)CC[C@H](NC(=O)[C@H](CCC(N)=O)NC(=O)[C@H](CCC(N)=O)NC(=O)[C@H](Cc1c[nH]c2ccccc12)NC(=O)/C=N/OCc1ccc(S(N)(=O)=O)cc1)C(N)=O. The molecular formula is C35H45N11O11S. The Kier molecular flexibility index (Phi) is 16.8. The summed E-state index contributed by atoms with van der Waals surface area (Å²) in [6, 6.07) is 6.64. The summed E-state index contributed by atoms with van der Waals surface area (Å²) in [7, 11) is -3.91. The highest BCUT2D eigenvalue weighted by Crippen LogP contribution is 2.19. The van der Waals surface area contributed by atoms with Gasteiger partial charge in [-0.1, -0.05) is 35.5 Å². The van der Waals surface area contributed by atoms with Crippen molar-refractivity contribution in [3.8, 4) is 0 Å². The van der Waals surface area contributed by atoms with Gasteiger partial charge in [0, 0.05) is 42.8 Å². The minimum Gasteiger partial charge on any atom is -0.391 e. The summed E-state index contributed by atoms with van der Waals surface area (Å²) < 4.78 is 23.0. The number of nitrogens with one attached hydrogen (secondary N) is 5. The van der Waals surface area contributed by atoms with E-state index in [1.807, 2.05) is 0 Å². The van der Waals surface area contributed by atoms with Crippen molar-refractivity contribution in [2.45, 2.75) is 80.6 Å². The number of carbonyl (C=O) groups is 8. The molecule has 0 saturated heterocycles. The molecule has 312 valence electrons. The second-order valence-electron chi connectivity index (χ2n) is 12.9. The molecule has 4 atom stereocenters. The topological polar surface area (TPSA) is 386 Å². The smallest absolute Gasteiger partial charge is 0.266 e. The molecule has 0 radical (unpaired) electrons. The van der Waals surface area contributed by atoms with Gasteiger partial charge in [0.2, 0.25) is 51.4 Å². The lowest BCUT2D eigenvalue weighted by Gasteiger charge is -2.26. The van der Waals surface area contributed by atoms with Crippen LogP contribution in [0.15, 0.2) is 64.8 Å². The van der Waals surface area contributed by atoms with Crippen LogP contribution >= 0.6 is 0 Å². The van der Waals surface area contributed by atoms with E-state index in [4.69, 9.17) is 32.9 Å². The third-order valence-electron chi connectivity index (χ3n) is 8.42. The third kappa shape index (κ3) is 15.0. The fraction of sp³-hybridized carbons (Fsp3) is 0.343. The van der Waals surface area contributed by atoms with Crippen LogP contribution in [-0.2, 0) is 66.2 Å². The zero-order chi connectivity index (χ0) is 43.0. The first-order valence-electron chi connectivity index (χ1n) is 17.5. The van der Waals surface area contributed by atoms with Crippen molar-refractivity contribution in [1.29, 1.82) is 0 Å². The lowest BCUT2D eigenvalue weighted by Crippen LogP contribution is -2.58. The number of aromatic nitrogens is 1. The van der Waals surface area contributed by atoms with Gasteiger partial charge in [-0.15, -0.1) is 0 Å². The molecule has 1 heterocycles. The van der Waals surface area contributed by atoms with E-state index in [9.17, 15) is 46.8 Å². The predicted molar refractivity (Wildman–Crippen MR) is 205 cm³/mol. The Labute approximate surface area is 331 Å². The molecule has 0 saturated carbocycles. The van der Waals surface area contributed by atoms with Gasteiger partial charge in [-0.3, -0.25) is 38.4 Å². The monoisotopic (exact) mass is 827 g/mol. The maximum Gasteiger partial charge on any atom is 0.266 e. The number of rotatable bonds is 24. The lowest BCUT2D eigenvalue weighted by atomic mass is 10.0. The molecule has 0 spiro atoms. The van der Waals surface area contributed by atoms with Gasteiger partial charge in [-0.25, -0.2) is 13.6 Å². The molecule has 22 nitrogen and oxygen atoms in total. The molecule has 8 amide bonds. The molecular weight excluding hydrogens is 783 g/mol. The summed E-state index contributed by atoms with van der Waals surface area (Å²) in [4.78, 5) is 109. The van der Waals surface area contributed by atoms with Crippen LogP contribution in [0.4, 0.5) is 0 Å². The molecule has 58 heavy (non-hydrogen) atoms. The molecule has 0 aliphatic rings. The van der Waals surface area contributed by atoms with E-state index in [0.29, 0.717) is 11.1 Å². The molecule has 23 heteroatoms. The maximum absolute atomic E-state index is 13.9. The van der Waals surface area contributed by atoms with Gasteiger partial charge in [0.15, 0.2) is 0 Å². The fourth-order valence-corrected chi connectivity index (χ4v) is 5.93. The normalized spacial score (nSPS) is 13.4. The van der Waals surface area contributed by atoms with Crippen molar-refractivity contribution in [3.63, 3.8) is 0 Å². The lowest BCUT2D eigenvalue weighted by molar-refractivity contribution is -0.134. The Morgan fingerprint density at radius 2 is 1.19 bits per heavy atom. The number of nitrogens with zero attached hydrogens (tertiary/aromatic N) is 1. The van der Waals surface area contributed by atoms with Gasteiger partial charge < -0.3 is 54.0 Å². The number of nitrogens with two attached hydrogens (primary N) is 5. The number of primary sulfonamides is 1. The number of carbonyl (C=O) groups excluding carboxylic acids is 8. The Balaban J connectivity index is 1.83.